The molecule has 4 heterocycles. The molecule has 12 rings (SSSR count). The van der Waals surface area contributed by atoms with Crippen LogP contribution in [0.2, 0.25) is 0 Å². The molecule has 0 bridgehead atoms. The van der Waals surface area contributed by atoms with Crippen molar-refractivity contribution < 1.29 is 69.4 Å². The van der Waals surface area contributed by atoms with Gasteiger partial charge in [0.2, 0.25) is 45.3 Å². The Labute approximate surface area is 361 Å². The summed E-state index contributed by atoms with van der Waals surface area (Å²) >= 11 is 0. The number of aromatic nitrogens is 2. The maximum absolute atomic E-state index is 12.8. The Hall–Kier alpha value is -9.38. The molecule has 0 aliphatic rings. The number of phenols is 10. The molecule has 0 spiro atoms. The molecule has 16 nitrogen and oxygen atoms in total. The van der Waals surface area contributed by atoms with Gasteiger partial charge in [0, 0.05) is 5.69 Å². The highest BCUT2D eigenvalue weighted by Gasteiger charge is 2.36. The molecule has 0 amide bonds. The molecule has 17 heteroatoms. The number of aromatic hydroxyl groups is 10. The van der Waals surface area contributed by atoms with Crippen LogP contribution >= 0.6 is 0 Å². The maximum atomic E-state index is 12.8. The lowest BCUT2D eigenvalue weighted by Gasteiger charge is -2.16. The molecule has 12 aromatic rings. The van der Waals surface area contributed by atoms with Gasteiger partial charge in [-0.25, -0.2) is 0 Å². The zero-order valence-corrected chi connectivity index (χ0v) is 33.3. The number of hydrogen-bond donors (Lipinski definition) is 10. The Kier molecular flexibility index (Phi) is 7.38. The topological polar surface area (TPSA) is 264 Å². The summed E-state index contributed by atoms with van der Waals surface area (Å²) in [6.45, 7) is 0. The Morgan fingerprint density at radius 3 is 1.23 bits per heavy atom. The van der Waals surface area contributed by atoms with E-state index >= 15 is 0 Å². The van der Waals surface area contributed by atoms with E-state index in [9.17, 15) is 51.1 Å². The summed E-state index contributed by atoms with van der Waals surface area (Å²) in [5.74, 6) is -9.49. The van der Waals surface area contributed by atoms with Crippen LogP contribution in [0.1, 0.15) is 0 Å². The summed E-state index contributed by atoms with van der Waals surface area (Å²) in [5, 5.41) is 113. The van der Waals surface area contributed by atoms with E-state index in [1.807, 2.05) is 103 Å². The molecular formula is C48H29BN2O14. The summed E-state index contributed by atoms with van der Waals surface area (Å²) in [7, 11) is 1.49. The SMILES string of the molecule is Bc1c(O)c(O)c(O)c2c3c4ooc5c(O)c(O)c(O)c6c7c(O)c(O)c(O)c8ooc(c(O)c3n(-c3cc(-c9ccccc9)cc(-c9ccc(-c%10ccccc%10)cc9)c3)c12)c4n(c87)c56. The fourth-order valence-corrected chi connectivity index (χ4v) is 9.29. The Morgan fingerprint density at radius 2 is 0.723 bits per heavy atom. The Balaban J connectivity index is 1.30. The van der Waals surface area contributed by atoms with Gasteiger partial charge in [-0.05, 0) is 57.0 Å². The van der Waals surface area contributed by atoms with Crippen LogP contribution in [0.5, 0.6) is 57.5 Å². The fraction of sp³-hybridized carbons (Fsp3) is 0. The van der Waals surface area contributed by atoms with Crippen LogP contribution in [0.15, 0.2) is 121 Å². The normalized spacial score (nSPS) is 12.1. The van der Waals surface area contributed by atoms with Crippen molar-refractivity contribution in [1.29, 1.82) is 0 Å². The number of nitrogens with zero attached hydrogens (tertiary/aromatic N) is 2. The number of benzene rings is 8. The quantitative estimate of drug-likeness (QED) is 0.0450. The van der Waals surface area contributed by atoms with Crippen molar-refractivity contribution in [3.05, 3.63) is 103 Å². The van der Waals surface area contributed by atoms with Crippen molar-refractivity contribution in [2.75, 3.05) is 0 Å². The predicted molar refractivity (Wildman–Crippen MR) is 241 cm³/mol. The lowest BCUT2D eigenvalue weighted by atomic mass is 9.90. The maximum Gasteiger partial charge on any atom is 0.250 e. The van der Waals surface area contributed by atoms with Gasteiger partial charge in [-0.2, -0.15) is 0 Å². The number of rotatable bonds is 4. The van der Waals surface area contributed by atoms with Crippen molar-refractivity contribution in [2.24, 2.45) is 0 Å². The minimum absolute atomic E-state index is 0.0380. The van der Waals surface area contributed by atoms with Crippen LogP contribution in [0.4, 0.5) is 0 Å². The van der Waals surface area contributed by atoms with Gasteiger partial charge in [-0.1, -0.05) is 84.9 Å². The van der Waals surface area contributed by atoms with E-state index in [-0.39, 0.29) is 43.8 Å². The molecule has 0 fully saturated rings. The molecule has 10 N–H and O–H groups in total. The van der Waals surface area contributed by atoms with Gasteiger partial charge in [-0.15, -0.1) is 0 Å². The van der Waals surface area contributed by atoms with Gasteiger partial charge in [-0.3, -0.25) is 22.7 Å². The molecule has 0 unspecified atom stereocenters. The van der Waals surface area contributed by atoms with Crippen LogP contribution in [0.25, 0.3) is 111 Å². The molecule has 0 radical (unpaired) electrons. The van der Waals surface area contributed by atoms with Gasteiger partial charge in [0.05, 0.1) is 27.1 Å². The second kappa shape index (κ2) is 12.8. The zero-order chi connectivity index (χ0) is 44.9. The van der Waals surface area contributed by atoms with E-state index < -0.39 is 90.6 Å². The number of fused-ring (bicyclic) bond motifs is 5. The van der Waals surface area contributed by atoms with Crippen molar-refractivity contribution in [3.63, 3.8) is 0 Å². The van der Waals surface area contributed by atoms with Crippen molar-refractivity contribution >= 4 is 84.8 Å². The van der Waals surface area contributed by atoms with E-state index in [0.717, 1.165) is 26.7 Å². The summed E-state index contributed by atoms with van der Waals surface area (Å²) < 4.78 is 25.9. The highest BCUT2D eigenvalue weighted by Crippen LogP contribution is 2.58. The summed E-state index contributed by atoms with van der Waals surface area (Å²) in [4.78, 5) is 0. The number of hydrogen-bond acceptors (Lipinski definition) is 14. The summed E-state index contributed by atoms with van der Waals surface area (Å²) in [5.41, 5.74) is 2.01. The first kappa shape index (κ1) is 37.4. The van der Waals surface area contributed by atoms with Gasteiger partial charge in [0.15, 0.2) is 34.5 Å². The summed E-state index contributed by atoms with van der Waals surface area (Å²) in [6, 6.07) is 32.9. The minimum Gasteiger partial charge on any atom is -0.505 e. The first-order valence-corrected chi connectivity index (χ1v) is 19.9. The van der Waals surface area contributed by atoms with Crippen molar-refractivity contribution in [3.8, 4) is 96.6 Å². The van der Waals surface area contributed by atoms with Crippen LogP contribution < -0.4 is 5.46 Å². The standard InChI is InChI=1S/C48H29BN2O14/c49-29-30-27(37(54)40(57)38(29)55)28-31(50(30)24-16-22(19-9-5-2-6-10-19)15-23(17-24)21-13-11-20(12-14-21)18-7-3-1-4-8-18)39(56)48-34-45(28)62-63-46-32-25(35(52)41(58)43(46)60)26-33(51(32)34)47(64-65-48)44(61)42(59)36(26)53/h1-17,52-61H,49H2. The largest absolute Gasteiger partial charge is 0.505 e. The van der Waals surface area contributed by atoms with Gasteiger partial charge in [0.1, 0.15) is 29.9 Å². The fourth-order valence-electron chi connectivity index (χ4n) is 9.29. The molecule has 0 saturated carbocycles. The Morgan fingerprint density at radius 1 is 0.323 bits per heavy atom. The first-order valence-electron chi connectivity index (χ1n) is 19.9. The first-order chi connectivity index (χ1) is 31.4. The van der Waals surface area contributed by atoms with Gasteiger partial charge in [0.25, 0.3) is 0 Å². The third kappa shape index (κ3) is 4.74. The molecule has 0 aliphatic heterocycles. The summed E-state index contributed by atoms with van der Waals surface area (Å²) in [6.07, 6.45) is 0. The van der Waals surface area contributed by atoms with Crippen molar-refractivity contribution in [1.82, 2.24) is 8.97 Å². The molecule has 318 valence electrons. The molecule has 65 heavy (non-hydrogen) atoms. The average Bonchev–Trinajstić information content (AvgIpc) is 3.74. The monoisotopic (exact) mass is 868 g/mol. The minimum atomic E-state index is -1.12. The van der Waals surface area contributed by atoms with Crippen LogP contribution in [0.3, 0.4) is 0 Å². The molecule has 4 aromatic heterocycles. The van der Waals surface area contributed by atoms with Gasteiger partial charge >= 0.3 is 0 Å². The molecule has 8 aromatic carbocycles. The highest BCUT2D eigenvalue weighted by atomic mass is 17.0. The lowest BCUT2D eigenvalue weighted by Crippen LogP contribution is -2.10. The van der Waals surface area contributed by atoms with Crippen molar-refractivity contribution in [2.45, 2.75) is 0 Å². The third-order valence-electron chi connectivity index (χ3n) is 12.3. The predicted octanol–water partition coefficient (Wildman–Crippen LogP) is 8.90. The van der Waals surface area contributed by atoms with E-state index in [1.165, 1.54) is 12.4 Å². The zero-order valence-electron chi connectivity index (χ0n) is 33.3. The highest BCUT2D eigenvalue weighted by molar-refractivity contribution is 6.44. The number of phenolic OH excluding ortho intramolecular Hbond substituents is 10. The van der Waals surface area contributed by atoms with E-state index in [4.69, 9.17) is 18.3 Å². The Bertz CT molecular complexity index is 4030. The average molecular weight is 869 g/mol. The van der Waals surface area contributed by atoms with E-state index in [1.54, 1.807) is 0 Å². The third-order valence-corrected chi connectivity index (χ3v) is 12.3. The smallest absolute Gasteiger partial charge is 0.250 e. The van der Waals surface area contributed by atoms with Crippen LogP contribution in [0, 0.1) is 0 Å². The molecular weight excluding hydrogens is 839 g/mol. The van der Waals surface area contributed by atoms with Crippen LogP contribution in [-0.4, -0.2) is 67.9 Å². The molecule has 0 saturated heterocycles. The molecule has 0 atom stereocenters. The van der Waals surface area contributed by atoms with E-state index in [2.05, 4.69) is 0 Å². The second-order valence-corrected chi connectivity index (χ2v) is 15.8. The van der Waals surface area contributed by atoms with Gasteiger partial charge < -0.3 is 55.6 Å². The lowest BCUT2D eigenvalue weighted by molar-refractivity contribution is 0.0854. The van der Waals surface area contributed by atoms with Crippen LogP contribution in [-0.2, 0) is 0 Å². The van der Waals surface area contributed by atoms with E-state index in [0.29, 0.717) is 16.8 Å². The molecule has 0 aliphatic carbocycles. The second-order valence-electron chi connectivity index (χ2n) is 15.8.